The third-order valence-electron chi connectivity index (χ3n) is 10.4. The van der Waals surface area contributed by atoms with Gasteiger partial charge < -0.3 is 19.1 Å². The summed E-state index contributed by atoms with van der Waals surface area (Å²) in [6, 6.07) is 14.0. The van der Waals surface area contributed by atoms with Gasteiger partial charge in [-0.05, 0) is 43.5 Å². The van der Waals surface area contributed by atoms with Crippen LogP contribution in [0.1, 0.15) is 54.3 Å². The van der Waals surface area contributed by atoms with Gasteiger partial charge in [-0.3, -0.25) is 4.79 Å². The zero-order chi connectivity index (χ0) is 32.5. The number of anilines is 1. The predicted molar refractivity (Wildman–Crippen MR) is 177 cm³/mol. The first kappa shape index (κ1) is 31.0. The Morgan fingerprint density at radius 2 is 1.91 bits per heavy atom. The Bertz CT molecular complexity index is 1790. The number of methoxy groups -OCH3 is 1. The minimum Gasteiger partial charge on any atom is -0.469 e. The number of fused-ring (bicyclic) bond motifs is 2. The molecule has 8 rings (SSSR count). The van der Waals surface area contributed by atoms with E-state index >= 15 is 0 Å². The fourth-order valence-electron chi connectivity index (χ4n) is 7.65. The van der Waals surface area contributed by atoms with Gasteiger partial charge in [0.05, 0.1) is 31.5 Å². The maximum absolute atomic E-state index is 13.3. The van der Waals surface area contributed by atoms with Crippen LogP contribution >= 0.6 is 0 Å². The van der Waals surface area contributed by atoms with E-state index in [2.05, 4.69) is 81.0 Å². The molecule has 1 aliphatic carbocycles. The summed E-state index contributed by atoms with van der Waals surface area (Å²) < 4.78 is 21.4. The normalized spacial score (nSPS) is 27.4. The Balaban J connectivity index is 1.18. The molecule has 3 saturated heterocycles. The second kappa shape index (κ2) is 11.0. The summed E-state index contributed by atoms with van der Waals surface area (Å²) in [6.07, 6.45) is 3.56. The molecular formula is C34H45N7O4Si. The molecule has 4 fully saturated rings. The molecule has 4 aromatic rings. The van der Waals surface area contributed by atoms with E-state index in [-0.39, 0.29) is 18.0 Å². The van der Waals surface area contributed by atoms with Crippen molar-refractivity contribution < 1.29 is 19.0 Å². The summed E-state index contributed by atoms with van der Waals surface area (Å²) in [5.41, 5.74) is 2.55. The molecule has 2 bridgehead atoms. The lowest BCUT2D eigenvalue weighted by Crippen LogP contribution is -2.56. The van der Waals surface area contributed by atoms with E-state index in [0.29, 0.717) is 31.4 Å². The minimum atomic E-state index is -1.21. The Kier molecular flexibility index (Phi) is 7.41. The molecule has 6 heterocycles. The van der Waals surface area contributed by atoms with Crippen molar-refractivity contribution in [3.8, 4) is 0 Å². The molecule has 3 aliphatic heterocycles. The summed E-state index contributed by atoms with van der Waals surface area (Å²) in [6.45, 7) is 16.4. The number of benzene rings is 1. The molecule has 244 valence electrons. The van der Waals surface area contributed by atoms with Crippen molar-refractivity contribution in [1.29, 1.82) is 0 Å². The second-order valence-electron chi connectivity index (χ2n) is 15.0. The van der Waals surface area contributed by atoms with Crippen LogP contribution in [0.4, 0.5) is 5.69 Å². The molecule has 0 amide bonds. The van der Waals surface area contributed by atoms with Crippen molar-refractivity contribution >= 4 is 25.4 Å². The second-order valence-corrected chi connectivity index (χ2v) is 20.6. The molecule has 11 nitrogen and oxygen atoms in total. The Morgan fingerprint density at radius 3 is 2.65 bits per heavy atom. The Hall–Kier alpha value is -3.61. The van der Waals surface area contributed by atoms with Gasteiger partial charge in [0.2, 0.25) is 0 Å². The molecule has 1 saturated carbocycles. The van der Waals surface area contributed by atoms with Crippen molar-refractivity contribution in [3.05, 3.63) is 71.2 Å². The number of nitrogens with zero attached hydrogens (tertiary/aromatic N) is 7. The van der Waals surface area contributed by atoms with E-state index in [1.54, 1.807) is 4.68 Å². The van der Waals surface area contributed by atoms with Crippen LogP contribution in [0.25, 0.3) is 5.65 Å². The van der Waals surface area contributed by atoms with Crippen molar-refractivity contribution in [3.63, 3.8) is 0 Å². The molecule has 4 unspecified atom stereocenters. The monoisotopic (exact) mass is 643 g/mol. The average molecular weight is 644 g/mol. The molecule has 1 aromatic carbocycles. The van der Waals surface area contributed by atoms with E-state index in [0.717, 1.165) is 48.3 Å². The highest BCUT2D eigenvalue weighted by Gasteiger charge is 2.78. The fraction of sp³-hybridized carbons (Fsp3) is 0.559. The van der Waals surface area contributed by atoms with E-state index < -0.39 is 25.0 Å². The average Bonchev–Trinajstić information content (AvgIpc) is 3.83. The van der Waals surface area contributed by atoms with Gasteiger partial charge in [0, 0.05) is 39.6 Å². The van der Waals surface area contributed by atoms with Crippen LogP contribution in [-0.2, 0) is 36.8 Å². The van der Waals surface area contributed by atoms with Crippen molar-refractivity contribution in [1.82, 2.24) is 29.4 Å². The minimum absolute atomic E-state index is 0.0819. The molecule has 0 radical (unpaired) electrons. The highest BCUT2D eigenvalue weighted by molar-refractivity contribution is 6.76. The van der Waals surface area contributed by atoms with Crippen LogP contribution < -0.4 is 4.90 Å². The molecule has 4 atom stereocenters. The largest absolute Gasteiger partial charge is 0.469 e. The number of carbonyl (C=O) groups excluding carboxylic acids is 1. The number of hydrogen-bond acceptors (Lipinski definition) is 9. The quantitative estimate of drug-likeness (QED) is 0.134. The van der Waals surface area contributed by atoms with Gasteiger partial charge in [-0.1, -0.05) is 56.9 Å². The van der Waals surface area contributed by atoms with Gasteiger partial charge in [0.15, 0.2) is 17.3 Å². The van der Waals surface area contributed by atoms with Crippen LogP contribution in [0.5, 0.6) is 0 Å². The first-order valence-corrected chi connectivity index (χ1v) is 20.0. The standard InChI is InChI=1S/C34H45N7O4Si/c1-23-17-26(39-14-13-32(3,20-39)25-11-9-8-10-12-25)18-40-29(23)36-30(38-40)34-19-33(21-45-34,31(42)43-4)27(34)28-35-24(2)41(37-28)22-44-15-16-46(5,6)7/h8-12,17-18,27H,13-16,19-22H2,1-7H3. The van der Waals surface area contributed by atoms with Crippen molar-refractivity contribution in [2.24, 2.45) is 5.41 Å². The lowest BCUT2D eigenvalue weighted by molar-refractivity contribution is -0.162. The highest BCUT2D eigenvalue weighted by Crippen LogP contribution is 2.70. The molecule has 4 aliphatic rings. The third-order valence-corrected chi connectivity index (χ3v) is 12.1. The van der Waals surface area contributed by atoms with Gasteiger partial charge in [-0.25, -0.2) is 19.2 Å². The van der Waals surface area contributed by atoms with Gasteiger partial charge in [-0.2, -0.15) is 5.10 Å². The first-order valence-electron chi connectivity index (χ1n) is 16.3. The van der Waals surface area contributed by atoms with E-state index in [9.17, 15) is 4.79 Å². The number of ether oxygens (including phenoxy) is 3. The van der Waals surface area contributed by atoms with Gasteiger partial charge in [-0.15, -0.1) is 5.10 Å². The van der Waals surface area contributed by atoms with Gasteiger partial charge in [0.1, 0.15) is 23.6 Å². The molecule has 12 heteroatoms. The summed E-state index contributed by atoms with van der Waals surface area (Å²) in [7, 11) is 0.212. The van der Waals surface area contributed by atoms with E-state index in [4.69, 9.17) is 34.4 Å². The number of hydrogen-bond donors (Lipinski definition) is 0. The van der Waals surface area contributed by atoms with Gasteiger partial charge in [0.25, 0.3) is 0 Å². The number of carbonyl (C=O) groups is 1. The predicted octanol–water partition coefficient (Wildman–Crippen LogP) is 4.99. The number of pyridine rings is 1. The zero-order valence-corrected chi connectivity index (χ0v) is 29.0. The maximum atomic E-state index is 13.3. The lowest BCUT2D eigenvalue weighted by Gasteiger charge is -2.47. The molecular weight excluding hydrogens is 599 g/mol. The van der Waals surface area contributed by atoms with Crippen molar-refractivity contribution in [2.75, 3.05) is 38.3 Å². The van der Waals surface area contributed by atoms with Gasteiger partial charge >= 0.3 is 5.97 Å². The topological polar surface area (TPSA) is 109 Å². The van der Waals surface area contributed by atoms with Crippen molar-refractivity contribution in [2.45, 2.75) is 83.0 Å². The maximum Gasteiger partial charge on any atom is 0.315 e. The summed E-state index contributed by atoms with van der Waals surface area (Å²) in [4.78, 5) is 25.6. The summed E-state index contributed by atoms with van der Waals surface area (Å²) in [5.74, 6) is 1.01. The Morgan fingerprint density at radius 1 is 1.13 bits per heavy atom. The summed E-state index contributed by atoms with van der Waals surface area (Å²) in [5, 5.41) is 9.87. The summed E-state index contributed by atoms with van der Waals surface area (Å²) >= 11 is 0. The third kappa shape index (κ3) is 4.96. The van der Waals surface area contributed by atoms with Crippen LogP contribution in [0.2, 0.25) is 25.7 Å². The lowest BCUT2D eigenvalue weighted by atomic mass is 9.53. The molecule has 0 spiro atoms. The number of aryl methyl sites for hydroxylation is 2. The SMILES string of the molecule is COC(=O)C12COC(c3nc4c(C)cc(N5CCC(C)(c6ccccc6)C5)cn4n3)(C1)C2c1nc(C)n(COCC[Si](C)(C)C)n1. The first-order chi connectivity index (χ1) is 21.9. The highest BCUT2D eigenvalue weighted by atomic mass is 28.3. The fourth-order valence-corrected chi connectivity index (χ4v) is 8.41. The van der Waals surface area contributed by atoms with Crippen LogP contribution in [0.15, 0.2) is 42.6 Å². The van der Waals surface area contributed by atoms with Crippen LogP contribution in [0.3, 0.4) is 0 Å². The van der Waals surface area contributed by atoms with E-state index in [1.807, 2.05) is 11.4 Å². The smallest absolute Gasteiger partial charge is 0.315 e. The Labute approximate surface area is 271 Å². The number of esters is 1. The molecule has 46 heavy (non-hydrogen) atoms. The number of rotatable bonds is 10. The van der Waals surface area contributed by atoms with Crippen LogP contribution in [-0.4, -0.2) is 76.8 Å². The molecule has 0 N–H and O–H groups in total. The number of aromatic nitrogens is 6. The zero-order valence-electron chi connectivity index (χ0n) is 28.0. The molecule has 3 aromatic heterocycles. The van der Waals surface area contributed by atoms with E-state index in [1.165, 1.54) is 12.7 Å². The van der Waals surface area contributed by atoms with Crippen LogP contribution in [0, 0.1) is 19.3 Å².